The number of rotatable bonds is 5. The van der Waals surface area contributed by atoms with E-state index in [1.54, 1.807) is 0 Å². The van der Waals surface area contributed by atoms with Gasteiger partial charge in [-0.1, -0.05) is 0 Å². The maximum atomic E-state index is 11.5. The number of esters is 1. The van der Waals surface area contributed by atoms with Gasteiger partial charge in [-0.15, -0.1) is 0 Å². The lowest BCUT2D eigenvalue weighted by Crippen LogP contribution is -3.68. The fourth-order valence-electron chi connectivity index (χ4n) is 3.39. The van der Waals surface area contributed by atoms with Crippen LogP contribution in [0.25, 0.3) is 0 Å². The number of carbonyl (C=O) groups excluding carboxylic acids is 3. The summed E-state index contributed by atoms with van der Waals surface area (Å²) >= 11 is 0.143. The lowest BCUT2D eigenvalue weighted by atomic mass is 9.87. The smallest absolute Gasteiger partial charge is 0.308 e. The van der Waals surface area contributed by atoms with Gasteiger partial charge in [-0.3, -0.25) is 14.4 Å². The predicted molar refractivity (Wildman–Crippen MR) is 74.6 cm³/mol. The monoisotopic (exact) mass is 407 g/mol. The number of hydrogen-bond donors (Lipinski definition) is 0. The molecule has 2 fully saturated rings. The minimum absolute atomic E-state index is 0.00202. The third-order valence-corrected chi connectivity index (χ3v) is 9.25. The fourth-order valence-corrected chi connectivity index (χ4v) is 7.71. The summed E-state index contributed by atoms with van der Waals surface area (Å²) in [6.45, 7) is 0. The van der Waals surface area contributed by atoms with Crippen molar-refractivity contribution in [2.24, 2.45) is 11.8 Å². The number of methoxy groups -OCH3 is 1. The zero-order valence-corrected chi connectivity index (χ0v) is 14.7. The zero-order chi connectivity index (χ0) is 15.2. The quantitative estimate of drug-likeness (QED) is 0.196. The van der Waals surface area contributed by atoms with Gasteiger partial charge in [0.15, 0.2) is 19.9 Å². The van der Waals surface area contributed by atoms with Crippen molar-refractivity contribution in [3.8, 4) is 0 Å². The van der Waals surface area contributed by atoms with E-state index in [0.29, 0.717) is 6.29 Å². The van der Waals surface area contributed by atoms with Gasteiger partial charge in [0.1, 0.15) is 0 Å². The first kappa shape index (κ1) is 16.9. The van der Waals surface area contributed by atoms with Crippen LogP contribution in [0.2, 0.25) is 0 Å². The molecule has 0 unspecified atom stereocenters. The molecule has 0 bridgehead atoms. The third kappa shape index (κ3) is 4.76. The van der Waals surface area contributed by atoms with Crippen LogP contribution in [-0.2, 0) is 19.1 Å². The second kappa shape index (κ2) is 8.25. The SMILES string of the molecule is COC(=O)C1CCC([I+]C2CCC(C(=O)C=O)CC2)CC1. The van der Waals surface area contributed by atoms with Crippen LogP contribution in [0.5, 0.6) is 0 Å². The normalized spacial score (nSPS) is 33.2. The Balaban J connectivity index is 1.69. The van der Waals surface area contributed by atoms with E-state index in [0.717, 1.165) is 46.4 Å². The van der Waals surface area contributed by atoms with Crippen LogP contribution in [0.1, 0.15) is 51.4 Å². The summed E-state index contributed by atoms with van der Waals surface area (Å²) in [5.74, 6) is -0.126. The molecule has 2 saturated carbocycles. The highest BCUT2D eigenvalue weighted by Gasteiger charge is 2.39. The zero-order valence-electron chi connectivity index (χ0n) is 12.6. The van der Waals surface area contributed by atoms with E-state index in [1.807, 2.05) is 0 Å². The molecule has 5 heteroatoms. The van der Waals surface area contributed by atoms with Gasteiger partial charge in [-0.05, 0) is 51.4 Å². The molecule has 21 heavy (non-hydrogen) atoms. The molecule has 0 atom stereocenters. The molecule has 0 radical (unpaired) electrons. The largest absolute Gasteiger partial charge is 0.469 e. The van der Waals surface area contributed by atoms with Gasteiger partial charge < -0.3 is 4.74 Å². The van der Waals surface area contributed by atoms with Crippen LogP contribution >= 0.6 is 0 Å². The molecular weight excluding hydrogens is 383 g/mol. The Morgan fingerprint density at radius 3 is 1.81 bits per heavy atom. The minimum atomic E-state index is -0.203. The van der Waals surface area contributed by atoms with Gasteiger partial charge in [0.05, 0.1) is 13.0 Å². The molecule has 0 heterocycles. The van der Waals surface area contributed by atoms with Crippen molar-refractivity contribution in [3.63, 3.8) is 0 Å². The van der Waals surface area contributed by atoms with Crippen molar-refractivity contribution in [2.75, 3.05) is 7.11 Å². The van der Waals surface area contributed by atoms with Gasteiger partial charge in [-0.2, -0.15) is 0 Å². The minimum Gasteiger partial charge on any atom is -0.469 e. The van der Waals surface area contributed by atoms with Crippen LogP contribution in [0.3, 0.4) is 0 Å². The molecule has 2 aliphatic rings. The molecule has 0 N–H and O–H groups in total. The first-order valence-electron chi connectivity index (χ1n) is 7.82. The van der Waals surface area contributed by atoms with E-state index >= 15 is 0 Å². The molecule has 0 aromatic carbocycles. The maximum Gasteiger partial charge on any atom is 0.308 e. The molecule has 2 rings (SSSR count). The summed E-state index contributed by atoms with van der Waals surface area (Å²) in [4.78, 5) is 33.4. The Hall–Kier alpha value is -0.460. The second-order valence-corrected chi connectivity index (χ2v) is 10.3. The second-order valence-electron chi connectivity index (χ2n) is 6.07. The average molecular weight is 407 g/mol. The van der Waals surface area contributed by atoms with Crippen molar-refractivity contribution in [3.05, 3.63) is 0 Å². The van der Waals surface area contributed by atoms with E-state index in [9.17, 15) is 14.4 Å². The standard InChI is InChI=1S/C16H24IO4/c1-21-16(20)12-4-8-14(9-5-12)17-13-6-2-11(3-7-13)15(19)10-18/h10-14H,2-9H2,1H3/q+1. The number of hydrogen-bond acceptors (Lipinski definition) is 4. The number of Topliss-reactive ketones (excluding diaryl/α,β-unsaturated/α-hetero) is 1. The molecule has 4 nitrogen and oxygen atoms in total. The van der Waals surface area contributed by atoms with Crippen molar-refractivity contribution in [1.29, 1.82) is 0 Å². The number of ether oxygens (including phenoxy) is 1. The van der Waals surface area contributed by atoms with Crippen LogP contribution < -0.4 is 21.2 Å². The van der Waals surface area contributed by atoms with E-state index in [-0.39, 0.29) is 44.8 Å². The Morgan fingerprint density at radius 2 is 1.38 bits per heavy atom. The highest BCUT2D eigenvalue weighted by molar-refractivity contribution is 6.25. The van der Waals surface area contributed by atoms with Crippen LogP contribution in [0, 0.1) is 11.8 Å². The van der Waals surface area contributed by atoms with Gasteiger partial charge in [-0.25, -0.2) is 0 Å². The van der Waals surface area contributed by atoms with Crippen LogP contribution in [-0.4, -0.2) is 33.0 Å². The lowest BCUT2D eigenvalue weighted by Gasteiger charge is -2.24. The highest BCUT2D eigenvalue weighted by Crippen LogP contribution is 2.25. The summed E-state index contributed by atoms with van der Waals surface area (Å²) in [5.41, 5.74) is 0. The van der Waals surface area contributed by atoms with Gasteiger partial charge in [0, 0.05) is 5.92 Å². The molecule has 0 aromatic rings. The first-order valence-corrected chi connectivity index (χ1v) is 10.3. The Kier molecular flexibility index (Phi) is 6.64. The number of halogens is 1. The van der Waals surface area contributed by atoms with Crippen LogP contribution in [0.4, 0.5) is 0 Å². The van der Waals surface area contributed by atoms with Gasteiger partial charge in [0.25, 0.3) is 21.2 Å². The number of carbonyl (C=O) groups is 3. The van der Waals surface area contributed by atoms with E-state index < -0.39 is 0 Å². The lowest BCUT2D eigenvalue weighted by molar-refractivity contribution is -0.726. The van der Waals surface area contributed by atoms with E-state index in [2.05, 4.69) is 0 Å². The molecule has 0 spiro atoms. The number of alkyl halides is 2. The first-order chi connectivity index (χ1) is 10.1. The van der Waals surface area contributed by atoms with Crippen LogP contribution in [0.15, 0.2) is 0 Å². The molecule has 118 valence electrons. The summed E-state index contributed by atoms with van der Waals surface area (Å²) in [6, 6.07) is 0. The van der Waals surface area contributed by atoms with Gasteiger partial charge in [0.2, 0.25) is 0 Å². The average Bonchev–Trinajstić information content (AvgIpc) is 2.55. The molecular formula is C16H24IO4+. The van der Waals surface area contributed by atoms with Crippen molar-refractivity contribution >= 4 is 18.0 Å². The van der Waals surface area contributed by atoms with Crippen molar-refractivity contribution < 1.29 is 40.3 Å². The summed E-state index contributed by atoms with van der Waals surface area (Å²) < 4.78 is 6.46. The molecule has 0 aliphatic heterocycles. The van der Waals surface area contributed by atoms with Gasteiger partial charge >= 0.3 is 5.97 Å². The highest BCUT2D eigenvalue weighted by atomic mass is 127. The van der Waals surface area contributed by atoms with E-state index in [1.165, 1.54) is 20.0 Å². The Labute approximate surface area is 136 Å². The molecule has 0 saturated heterocycles. The molecule has 0 aromatic heterocycles. The topological polar surface area (TPSA) is 60.4 Å². The maximum absolute atomic E-state index is 11.5. The summed E-state index contributed by atoms with van der Waals surface area (Å²) in [6.07, 6.45) is 8.84. The Morgan fingerprint density at radius 1 is 0.905 bits per heavy atom. The predicted octanol–water partition coefficient (Wildman–Crippen LogP) is -0.866. The number of aldehydes is 1. The van der Waals surface area contributed by atoms with E-state index in [4.69, 9.17) is 4.74 Å². The fraction of sp³-hybridized carbons (Fsp3) is 0.812. The van der Waals surface area contributed by atoms with Crippen molar-refractivity contribution in [1.82, 2.24) is 0 Å². The summed E-state index contributed by atoms with van der Waals surface area (Å²) in [5, 5.41) is 0. The third-order valence-electron chi connectivity index (χ3n) is 4.72. The number of ketones is 1. The Bertz CT molecular complexity index is 380. The molecule has 0 amide bonds. The van der Waals surface area contributed by atoms with Crippen molar-refractivity contribution in [2.45, 2.75) is 59.2 Å². The summed E-state index contributed by atoms with van der Waals surface area (Å²) in [7, 11) is 1.47. The molecule has 2 aliphatic carbocycles.